The number of morpholine rings is 1. The smallest absolute Gasteiger partial charge is 0.226 e. The Morgan fingerprint density at radius 3 is 3.08 bits per heavy atom. The van der Waals surface area contributed by atoms with Crippen LogP contribution in [0.1, 0.15) is 19.5 Å². The molecule has 6 heteroatoms. The van der Waals surface area contributed by atoms with Crippen molar-refractivity contribution in [1.29, 1.82) is 0 Å². The minimum Gasteiger partial charge on any atom is -0.374 e. The zero-order chi connectivity index (χ0) is 16.9. The summed E-state index contributed by atoms with van der Waals surface area (Å²) in [7, 11) is 0. The van der Waals surface area contributed by atoms with Crippen LogP contribution >= 0.6 is 0 Å². The van der Waals surface area contributed by atoms with Crippen LogP contribution in [0.15, 0.2) is 28.8 Å². The predicted octanol–water partition coefficient (Wildman–Crippen LogP) is 1.84. The number of nitrogens with zero attached hydrogens (tertiary/aromatic N) is 2. The summed E-state index contributed by atoms with van der Waals surface area (Å²) < 4.78 is 11.0. The number of carbonyl (C=O) groups is 1. The Labute approximate surface area is 142 Å². The maximum atomic E-state index is 12.2. The minimum absolute atomic E-state index is 0.0514. The first-order valence-electron chi connectivity index (χ1n) is 8.55. The quantitative estimate of drug-likeness (QED) is 0.875. The maximum Gasteiger partial charge on any atom is 0.226 e. The van der Waals surface area contributed by atoms with E-state index in [1.807, 2.05) is 24.3 Å². The molecule has 1 aliphatic rings. The van der Waals surface area contributed by atoms with Crippen molar-refractivity contribution in [2.75, 3.05) is 32.8 Å². The van der Waals surface area contributed by atoms with Crippen LogP contribution < -0.4 is 5.32 Å². The van der Waals surface area contributed by atoms with E-state index in [1.54, 1.807) is 0 Å². The number of ether oxygens (including phenoxy) is 1. The van der Waals surface area contributed by atoms with Crippen LogP contribution in [-0.4, -0.2) is 54.9 Å². The van der Waals surface area contributed by atoms with Crippen molar-refractivity contribution in [3.63, 3.8) is 0 Å². The number of aromatic nitrogens is 1. The average molecular weight is 331 g/mol. The van der Waals surface area contributed by atoms with Crippen molar-refractivity contribution in [1.82, 2.24) is 15.4 Å². The van der Waals surface area contributed by atoms with E-state index in [9.17, 15) is 4.79 Å². The normalized spacial score (nSPS) is 19.0. The molecule has 130 valence electrons. The lowest BCUT2D eigenvalue weighted by Gasteiger charge is -2.33. The van der Waals surface area contributed by atoms with Crippen LogP contribution in [0, 0.1) is 5.92 Å². The van der Waals surface area contributed by atoms with Gasteiger partial charge in [-0.3, -0.25) is 9.69 Å². The van der Waals surface area contributed by atoms with Gasteiger partial charge in [-0.1, -0.05) is 31.1 Å². The molecule has 0 saturated carbocycles. The fraction of sp³-hybridized carbons (Fsp3) is 0.556. The average Bonchev–Trinajstić information content (AvgIpc) is 2.96. The second kappa shape index (κ2) is 7.77. The van der Waals surface area contributed by atoms with Crippen molar-refractivity contribution in [3.05, 3.63) is 30.0 Å². The molecular weight excluding hydrogens is 306 g/mol. The van der Waals surface area contributed by atoms with Gasteiger partial charge in [-0.15, -0.1) is 0 Å². The lowest BCUT2D eigenvalue weighted by molar-refractivity contribution is -0.121. The molecule has 0 aliphatic carbocycles. The molecule has 6 nitrogen and oxygen atoms in total. The number of hydrogen-bond donors (Lipinski definition) is 1. The molecule has 1 fully saturated rings. The predicted molar refractivity (Wildman–Crippen MR) is 91.7 cm³/mol. The Bertz CT molecular complexity index is 683. The number of nitrogens with one attached hydrogen (secondary N) is 1. The van der Waals surface area contributed by atoms with E-state index in [1.165, 1.54) is 0 Å². The zero-order valence-corrected chi connectivity index (χ0v) is 14.3. The number of amides is 1. The van der Waals surface area contributed by atoms with Gasteiger partial charge < -0.3 is 14.6 Å². The number of rotatable bonds is 6. The summed E-state index contributed by atoms with van der Waals surface area (Å²) in [6, 6.07) is 7.58. The molecule has 2 heterocycles. The number of para-hydroxylation sites is 1. The Morgan fingerprint density at radius 1 is 1.42 bits per heavy atom. The zero-order valence-electron chi connectivity index (χ0n) is 14.3. The van der Waals surface area contributed by atoms with E-state index in [4.69, 9.17) is 9.26 Å². The van der Waals surface area contributed by atoms with Crippen molar-refractivity contribution in [2.24, 2.45) is 5.92 Å². The summed E-state index contributed by atoms with van der Waals surface area (Å²) in [4.78, 5) is 14.6. The fourth-order valence-corrected chi connectivity index (χ4v) is 3.09. The first kappa shape index (κ1) is 16.9. The molecule has 3 rings (SSSR count). The fourth-order valence-electron chi connectivity index (χ4n) is 3.09. The molecule has 1 aliphatic heterocycles. The summed E-state index contributed by atoms with van der Waals surface area (Å²) in [5.41, 5.74) is 1.38. The third kappa shape index (κ3) is 4.33. The number of benzene rings is 1. The standard InChI is InChI=1S/C18H25N3O3/c1-13(2)11-21-7-8-23-14(12-21)10-19-18(22)9-16-15-5-3-4-6-17(15)24-20-16/h3-6,13-14H,7-12H2,1-2H3,(H,19,22). The Morgan fingerprint density at radius 2 is 2.25 bits per heavy atom. The van der Waals surface area contributed by atoms with Gasteiger partial charge in [0.2, 0.25) is 5.91 Å². The highest BCUT2D eigenvalue weighted by Gasteiger charge is 2.21. The first-order valence-corrected chi connectivity index (χ1v) is 8.55. The number of carbonyl (C=O) groups excluding carboxylic acids is 1. The molecule has 1 saturated heterocycles. The third-order valence-electron chi connectivity index (χ3n) is 4.15. The van der Waals surface area contributed by atoms with Gasteiger partial charge >= 0.3 is 0 Å². The molecule has 2 aromatic rings. The second-order valence-electron chi connectivity index (χ2n) is 6.75. The van der Waals surface area contributed by atoms with Gasteiger partial charge in [-0.2, -0.15) is 0 Å². The molecule has 1 atom stereocenters. The molecule has 0 radical (unpaired) electrons. The van der Waals surface area contributed by atoms with Crippen LogP contribution in [0.5, 0.6) is 0 Å². The van der Waals surface area contributed by atoms with E-state index in [0.29, 0.717) is 23.7 Å². The summed E-state index contributed by atoms with van der Waals surface area (Å²) in [6.07, 6.45) is 0.273. The van der Waals surface area contributed by atoms with Gasteiger partial charge in [-0.25, -0.2) is 0 Å². The van der Waals surface area contributed by atoms with Crippen LogP contribution in [0.4, 0.5) is 0 Å². The highest BCUT2D eigenvalue weighted by atomic mass is 16.5. The van der Waals surface area contributed by atoms with Crippen LogP contribution in [0.3, 0.4) is 0 Å². The van der Waals surface area contributed by atoms with Gasteiger partial charge in [0.1, 0.15) is 5.69 Å². The van der Waals surface area contributed by atoms with E-state index in [0.717, 1.165) is 31.6 Å². The largest absolute Gasteiger partial charge is 0.374 e. The first-order chi connectivity index (χ1) is 11.6. The van der Waals surface area contributed by atoms with Crippen molar-refractivity contribution < 1.29 is 14.1 Å². The Hall–Kier alpha value is -1.92. The van der Waals surface area contributed by atoms with Gasteiger partial charge in [0.15, 0.2) is 5.58 Å². The number of hydrogen-bond acceptors (Lipinski definition) is 5. The molecule has 1 amide bonds. The van der Waals surface area contributed by atoms with Gasteiger partial charge in [0.05, 0.1) is 19.1 Å². The van der Waals surface area contributed by atoms with Crippen LogP contribution in [0.2, 0.25) is 0 Å². The topological polar surface area (TPSA) is 67.6 Å². The summed E-state index contributed by atoms with van der Waals surface area (Å²) >= 11 is 0. The van der Waals surface area contributed by atoms with Gasteiger partial charge in [0.25, 0.3) is 0 Å². The Balaban J connectivity index is 1.49. The van der Waals surface area contributed by atoms with E-state index < -0.39 is 0 Å². The molecule has 0 spiro atoms. The summed E-state index contributed by atoms with van der Waals surface area (Å²) in [6.45, 7) is 8.59. The molecule has 1 unspecified atom stereocenters. The van der Waals surface area contributed by atoms with E-state index >= 15 is 0 Å². The number of fused-ring (bicyclic) bond motifs is 1. The monoisotopic (exact) mass is 331 g/mol. The van der Waals surface area contributed by atoms with Crippen LogP contribution in [0.25, 0.3) is 11.0 Å². The Kier molecular flexibility index (Phi) is 5.48. The van der Waals surface area contributed by atoms with Gasteiger partial charge in [-0.05, 0) is 18.1 Å². The van der Waals surface area contributed by atoms with Crippen molar-refractivity contribution in [3.8, 4) is 0 Å². The highest BCUT2D eigenvalue weighted by Crippen LogP contribution is 2.18. The van der Waals surface area contributed by atoms with E-state index in [2.05, 4.69) is 29.2 Å². The summed E-state index contributed by atoms with van der Waals surface area (Å²) in [5, 5.41) is 7.85. The van der Waals surface area contributed by atoms with Gasteiger partial charge in [0, 0.05) is 31.6 Å². The second-order valence-corrected chi connectivity index (χ2v) is 6.75. The third-order valence-corrected chi connectivity index (χ3v) is 4.15. The van der Waals surface area contributed by atoms with Crippen LogP contribution in [-0.2, 0) is 16.0 Å². The summed E-state index contributed by atoms with van der Waals surface area (Å²) in [5.74, 6) is 0.581. The minimum atomic E-state index is -0.0568. The van der Waals surface area contributed by atoms with Crippen molar-refractivity contribution in [2.45, 2.75) is 26.4 Å². The van der Waals surface area contributed by atoms with E-state index in [-0.39, 0.29) is 18.4 Å². The van der Waals surface area contributed by atoms with Crippen molar-refractivity contribution >= 4 is 16.9 Å². The maximum absolute atomic E-state index is 12.2. The molecule has 1 N–H and O–H groups in total. The SMILES string of the molecule is CC(C)CN1CCOC(CNC(=O)Cc2noc3ccccc23)C1. The lowest BCUT2D eigenvalue weighted by atomic mass is 10.1. The molecular formula is C18H25N3O3. The molecule has 1 aromatic carbocycles. The molecule has 24 heavy (non-hydrogen) atoms. The highest BCUT2D eigenvalue weighted by molar-refractivity contribution is 5.86. The lowest BCUT2D eigenvalue weighted by Crippen LogP contribution is -2.48. The molecule has 0 bridgehead atoms. The molecule has 1 aromatic heterocycles.